The van der Waals surface area contributed by atoms with Gasteiger partial charge in [-0.1, -0.05) is 0 Å². The number of methoxy groups -OCH3 is 4. The van der Waals surface area contributed by atoms with Crippen molar-refractivity contribution in [1.29, 1.82) is 0 Å². The second kappa shape index (κ2) is 8.29. The molecule has 0 atom stereocenters. The molecule has 2 rings (SSSR count). The Hall–Kier alpha value is -0.440. The van der Waals surface area contributed by atoms with E-state index in [1.807, 2.05) is 12.1 Å². The van der Waals surface area contributed by atoms with Gasteiger partial charge in [0.2, 0.25) is 0 Å². The Labute approximate surface area is 174 Å². The fraction of sp³-hybridized carbons (Fsp3) is 0.250. The Morgan fingerprint density at radius 2 is 0.708 bits per heavy atom. The van der Waals surface area contributed by atoms with Crippen LogP contribution >= 0.6 is 63.7 Å². The van der Waals surface area contributed by atoms with Crippen LogP contribution in [0.2, 0.25) is 0 Å². The summed E-state index contributed by atoms with van der Waals surface area (Å²) in [5.41, 5.74) is 1.41. The first-order valence-electron chi connectivity index (χ1n) is 6.61. The van der Waals surface area contributed by atoms with Crippen molar-refractivity contribution in [3.63, 3.8) is 0 Å². The molecule has 0 saturated carbocycles. The van der Waals surface area contributed by atoms with E-state index in [9.17, 15) is 0 Å². The van der Waals surface area contributed by atoms with Gasteiger partial charge in [-0.25, -0.2) is 0 Å². The number of benzene rings is 2. The first-order valence-corrected chi connectivity index (χ1v) is 9.78. The van der Waals surface area contributed by atoms with Crippen molar-refractivity contribution in [2.45, 2.75) is 0 Å². The zero-order valence-corrected chi connectivity index (χ0v) is 19.6. The van der Waals surface area contributed by atoms with Crippen LogP contribution < -0.4 is 18.9 Å². The molecular formula is C16H14Br4O4. The second-order valence-electron chi connectivity index (χ2n) is 4.56. The van der Waals surface area contributed by atoms with Gasteiger partial charge in [0.25, 0.3) is 0 Å². The predicted molar refractivity (Wildman–Crippen MR) is 109 cm³/mol. The van der Waals surface area contributed by atoms with Crippen molar-refractivity contribution >= 4 is 63.7 Å². The van der Waals surface area contributed by atoms with Gasteiger partial charge in [0.05, 0.1) is 57.5 Å². The summed E-state index contributed by atoms with van der Waals surface area (Å²) in [6.07, 6.45) is 0. The maximum absolute atomic E-state index is 5.62. The number of hydrogen-bond acceptors (Lipinski definition) is 4. The lowest BCUT2D eigenvalue weighted by Crippen LogP contribution is -2.01. The summed E-state index contributed by atoms with van der Waals surface area (Å²) in [5, 5.41) is 0. The van der Waals surface area contributed by atoms with Crippen LogP contribution in [0.25, 0.3) is 11.1 Å². The molecule has 0 aromatic heterocycles. The van der Waals surface area contributed by atoms with Crippen molar-refractivity contribution in [2.24, 2.45) is 0 Å². The van der Waals surface area contributed by atoms with Gasteiger partial charge in [-0.3, -0.25) is 0 Å². The van der Waals surface area contributed by atoms with Gasteiger partial charge in [-0.05, 0) is 75.9 Å². The maximum Gasteiger partial charge on any atom is 0.144 e. The third-order valence-electron chi connectivity index (χ3n) is 3.35. The Balaban J connectivity index is 3.06. The van der Waals surface area contributed by atoms with Crippen LogP contribution in [-0.4, -0.2) is 28.4 Å². The highest BCUT2D eigenvalue weighted by Crippen LogP contribution is 2.55. The van der Waals surface area contributed by atoms with E-state index in [-0.39, 0.29) is 0 Å². The van der Waals surface area contributed by atoms with E-state index in [1.54, 1.807) is 28.4 Å². The summed E-state index contributed by atoms with van der Waals surface area (Å²) in [7, 11) is 6.40. The van der Waals surface area contributed by atoms with E-state index in [4.69, 9.17) is 18.9 Å². The fourth-order valence-electron chi connectivity index (χ4n) is 2.42. The quantitative estimate of drug-likeness (QED) is 0.402. The maximum atomic E-state index is 5.62. The molecule has 0 fully saturated rings. The molecule has 0 spiro atoms. The number of hydrogen-bond donors (Lipinski definition) is 0. The molecule has 2 aromatic rings. The van der Waals surface area contributed by atoms with Crippen molar-refractivity contribution < 1.29 is 18.9 Å². The monoisotopic (exact) mass is 586 g/mol. The van der Waals surface area contributed by atoms with Crippen LogP contribution in [0.1, 0.15) is 0 Å². The van der Waals surface area contributed by atoms with Crippen molar-refractivity contribution in [3.05, 3.63) is 30.0 Å². The first kappa shape index (κ1) is 19.9. The topological polar surface area (TPSA) is 36.9 Å². The lowest BCUT2D eigenvalue weighted by atomic mass is 10.0. The molecule has 8 heteroatoms. The SMILES string of the molecule is COc1c(Br)cc(Br)c(OC)c1-c1c(OC)c(Br)cc(Br)c1OC. The largest absolute Gasteiger partial charge is 0.495 e. The molecule has 0 radical (unpaired) electrons. The third-order valence-corrected chi connectivity index (χ3v) is 5.71. The van der Waals surface area contributed by atoms with Gasteiger partial charge < -0.3 is 18.9 Å². The number of halogens is 4. The molecular weight excluding hydrogens is 576 g/mol. The molecule has 0 aliphatic heterocycles. The van der Waals surface area contributed by atoms with Crippen LogP contribution in [0, 0.1) is 0 Å². The van der Waals surface area contributed by atoms with Gasteiger partial charge in [0, 0.05) is 0 Å². The lowest BCUT2D eigenvalue weighted by Gasteiger charge is -2.22. The van der Waals surface area contributed by atoms with Crippen LogP contribution in [0.15, 0.2) is 30.0 Å². The number of rotatable bonds is 5. The lowest BCUT2D eigenvalue weighted by molar-refractivity contribution is 0.382. The Kier molecular flexibility index (Phi) is 6.87. The molecule has 130 valence electrons. The summed E-state index contributed by atoms with van der Waals surface area (Å²) in [5.74, 6) is 2.43. The highest BCUT2D eigenvalue weighted by molar-refractivity contribution is 9.11. The van der Waals surface area contributed by atoms with E-state index in [0.29, 0.717) is 34.1 Å². The van der Waals surface area contributed by atoms with E-state index in [1.165, 1.54) is 0 Å². The summed E-state index contributed by atoms with van der Waals surface area (Å²) in [6.45, 7) is 0. The van der Waals surface area contributed by atoms with Gasteiger partial charge in [-0.15, -0.1) is 0 Å². The molecule has 2 aromatic carbocycles. The Morgan fingerprint density at radius 3 is 0.875 bits per heavy atom. The van der Waals surface area contributed by atoms with Crippen molar-refractivity contribution in [3.8, 4) is 34.1 Å². The van der Waals surface area contributed by atoms with E-state index >= 15 is 0 Å². The summed E-state index contributed by atoms with van der Waals surface area (Å²) < 4.78 is 25.6. The molecule has 24 heavy (non-hydrogen) atoms. The molecule has 0 saturated heterocycles. The second-order valence-corrected chi connectivity index (χ2v) is 7.98. The van der Waals surface area contributed by atoms with Crippen LogP contribution in [0.3, 0.4) is 0 Å². The zero-order valence-electron chi connectivity index (χ0n) is 13.3. The summed E-state index contributed by atoms with van der Waals surface area (Å²) >= 11 is 14.1. The Bertz CT molecular complexity index is 656. The molecule has 0 bridgehead atoms. The molecule has 0 N–H and O–H groups in total. The van der Waals surface area contributed by atoms with Crippen LogP contribution in [-0.2, 0) is 0 Å². The summed E-state index contributed by atoms with van der Waals surface area (Å²) in [6, 6.07) is 3.74. The molecule has 0 amide bonds. The molecule has 0 aliphatic rings. The first-order chi connectivity index (χ1) is 11.4. The third kappa shape index (κ3) is 3.43. The van der Waals surface area contributed by atoms with Gasteiger partial charge in [0.1, 0.15) is 23.0 Å². The highest BCUT2D eigenvalue weighted by Gasteiger charge is 2.28. The van der Waals surface area contributed by atoms with E-state index in [0.717, 1.165) is 17.9 Å². The Morgan fingerprint density at radius 1 is 0.500 bits per heavy atom. The van der Waals surface area contributed by atoms with Crippen molar-refractivity contribution in [2.75, 3.05) is 28.4 Å². The minimum atomic E-state index is 0.608. The van der Waals surface area contributed by atoms with E-state index < -0.39 is 0 Å². The average molecular weight is 590 g/mol. The highest BCUT2D eigenvalue weighted by atomic mass is 79.9. The standard InChI is InChI=1S/C16H14Br4O4/c1-21-13-7(17)5-8(18)14(22-2)11(13)12-15(23-3)9(19)6-10(20)16(12)24-4/h5-6H,1-4H3. The smallest absolute Gasteiger partial charge is 0.144 e. The minimum Gasteiger partial charge on any atom is -0.495 e. The molecule has 0 heterocycles. The minimum absolute atomic E-state index is 0.608. The average Bonchev–Trinajstić information content (AvgIpc) is 2.53. The van der Waals surface area contributed by atoms with Crippen LogP contribution in [0.4, 0.5) is 0 Å². The van der Waals surface area contributed by atoms with Crippen LogP contribution in [0.5, 0.6) is 23.0 Å². The fourth-order valence-corrected chi connectivity index (χ4v) is 5.39. The van der Waals surface area contributed by atoms with Gasteiger partial charge in [-0.2, -0.15) is 0 Å². The van der Waals surface area contributed by atoms with Crippen molar-refractivity contribution in [1.82, 2.24) is 0 Å². The summed E-state index contributed by atoms with van der Waals surface area (Å²) in [4.78, 5) is 0. The zero-order chi connectivity index (χ0) is 18.0. The molecule has 0 aliphatic carbocycles. The number of ether oxygens (including phenoxy) is 4. The van der Waals surface area contributed by atoms with Gasteiger partial charge >= 0.3 is 0 Å². The van der Waals surface area contributed by atoms with E-state index in [2.05, 4.69) is 63.7 Å². The molecule has 4 nitrogen and oxygen atoms in total. The van der Waals surface area contributed by atoms with Gasteiger partial charge in [0.15, 0.2) is 0 Å². The predicted octanol–water partition coefficient (Wildman–Crippen LogP) is 6.44. The normalized spacial score (nSPS) is 10.5. The molecule has 0 unspecified atom stereocenters.